The maximum absolute atomic E-state index is 13.2. The Balaban J connectivity index is 2.41. The zero-order valence-corrected chi connectivity index (χ0v) is 10.5. The molecule has 0 fully saturated rings. The largest absolute Gasteiger partial charge is 0.491 e. The van der Waals surface area contributed by atoms with Gasteiger partial charge >= 0.3 is 0 Å². The Labute approximate surface area is 105 Å². The molecule has 0 bridgehead atoms. The van der Waals surface area contributed by atoms with Gasteiger partial charge in [0.05, 0.1) is 12.7 Å². The van der Waals surface area contributed by atoms with Crippen molar-refractivity contribution in [1.82, 2.24) is 5.32 Å². The molecule has 1 aromatic rings. The van der Waals surface area contributed by atoms with Crippen LogP contribution in [0.4, 0.5) is 8.78 Å². The summed E-state index contributed by atoms with van der Waals surface area (Å²) >= 11 is 0. The van der Waals surface area contributed by atoms with Crippen LogP contribution >= 0.6 is 0 Å². The van der Waals surface area contributed by atoms with Gasteiger partial charge in [-0.2, -0.15) is 5.26 Å². The molecule has 0 heterocycles. The molecule has 1 aromatic carbocycles. The molecule has 0 aliphatic heterocycles. The molecule has 5 heteroatoms. The van der Waals surface area contributed by atoms with Gasteiger partial charge in [-0.1, -0.05) is 0 Å². The molecule has 0 saturated heterocycles. The van der Waals surface area contributed by atoms with E-state index >= 15 is 0 Å². The van der Waals surface area contributed by atoms with Gasteiger partial charge < -0.3 is 10.1 Å². The number of halogens is 2. The first-order chi connectivity index (χ1) is 8.50. The third-order valence-electron chi connectivity index (χ3n) is 2.77. The second-order valence-corrected chi connectivity index (χ2v) is 4.22. The SMILES string of the molecule is CNC(C)(C#N)CCCOc1ccc(F)cc1F. The maximum atomic E-state index is 13.2. The third-order valence-corrected chi connectivity index (χ3v) is 2.77. The maximum Gasteiger partial charge on any atom is 0.167 e. The fraction of sp³-hybridized carbons (Fsp3) is 0.462. The van der Waals surface area contributed by atoms with Crippen molar-refractivity contribution in [3.8, 4) is 11.8 Å². The second kappa shape index (κ2) is 6.31. The lowest BCUT2D eigenvalue weighted by atomic mass is 9.98. The Morgan fingerprint density at radius 1 is 1.44 bits per heavy atom. The average Bonchev–Trinajstić information content (AvgIpc) is 2.36. The third kappa shape index (κ3) is 3.97. The highest BCUT2D eigenvalue weighted by molar-refractivity contribution is 5.24. The summed E-state index contributed by atoms with van der Waals surface area (Å²) in [5, 5.41) is 11.8. The topological polar surface area (TPSA) is 45.0 Å². The molecule has 18 heavy (non-hydrogen) atoms. The van der Waals surface area contributed by atoms with Crippen LogP contribution in [0.15, 0.2) is 18.2 Å². The summed E-state index contributed by atoms with van der Waals surface area (Å²) in [4.78, 5) is 0. The van der Waals surface area contributed by atoms with E-state index in [-0.39, 0.29) is 12.4 Å². The first-order valence-electron chi connectivity index (χ1n) is 5.69. The van der Waals surface area contributed by atoms with E-state index in [1.165, 1.54) is 6.07 Å². The molecule has 3 nitrogen and oxygen atoms in total. The first kappa shape index (κ1) is 14.4. The standard InChI is InChI=1S/C13H16F2N2O/c1-13(9-16,17-2)6-3-7-18-12-5-4-10(14)8-11(12)15/h4-5,8,17H,3,6-7H2,1-2H3. The Morgan fingerprint density at radius 2 is 2.17 bits per heavy atom. The lowest BCUT2D eigenvalue weighted by Gasteiger charge is -2.20. The zero-order chi connectivity index (χ0) is 13.6. The molecule has 0 radical (unpaired) electrons. The highest BCUT2D eigenvalue weighted by atomic mass is 19.1. The van der Waals surface area contributed by atoms with E-state index in [2.05, 4.69) is 11.4 Å². The van der Waals surface area contributed by atoms with Gasteiger partial charge in [-0.15, -0.1) is 0 Å². The van der Waals surface area contributed by atoms with E-state index < -0.39 is 17.2 Å². The molecule has 0 aliphatic carbocycles. The van der Waals surface area contributed by atoms with E-state index in [4.69, 9.17) is 10.00 Å². The minimum atomic E-state index is -0.716. The van der Waals surface area contributed by atoms with Crippen LogP contribution in [-0.2, 0) is 0 Å². The van der Waals surface area contributed by atoms with Crippen LogP contribution in [0.2, 0.25) is 0 Å². The van der Waals surface area contributed by atoms with Crippen molar-refractivity contribution in [2.24, 2.45) is 0 Å². The molecule has 0 amide bonds. The van der Waals surface area contributed by atoms with E-state index in [0.29, 0.717) is 12.8 Å². The summed E-state index contributed by atoms with van der Waals surface area (Å²) in [5.41, 5.74) is -0.606. The lowest BCUT2D eigenvalue weighted by molar-refractivity contribution is 0.276. The molecule has 1 rings (SSSR count). The number of benzene rings is 1. The Hall–Kier alpha value is -1.67. The van der Waals surface area contributed by atoms with Crippen molar-refractivity contribution in [3.05, 3.63) is 29.8 Å². The Bertz CT molecular complexity index is 445. The van der Waals surface area contributed by atoms with Crippen LogP contribution in [0.25, 0.3) is 0 Å². The van der Waals surface area contributed by atoms with Crippen LogP contribution in [0.3, 0.4) is 0 Å². The summed E-state index contributed by atoms with van der Waals surface area (Å²) in [6.45, 7) is 2.06. The van der Waals surface area contributed by atoms with E-state index in [1.54, 1.807) is 14.0 Å². The predicted octanol–water partition coefficient (Wildman–Crippen LogP) is 2.63. The van der Waals surface area contributed by atoms with Crippen molar-refractivity contribution >= 4 is 0 Å². The first-order valence-corrected chi connectivity index (χ1v) is 5.69. The van der Waals surface area contributed by atoms with Crippen LogP contribution in [0.5, 0.6) is 5.75 Å². The van der Waals surface area contributed by atoms with Crippen molar-refractivity contribution in [2.45, 2.75) is 25.3 Å². The number of ether oxygens (including phenoxy) is 1. The van der Waals surface area contributed by atoms with Gasteiger partial charge in [-0.25, -0.2) is 8.78 Å². The van der Waals surface area contributed by atoms with Gasteiger partial charge in [-0.3, -0.25) is 0 Å². The quantitative estimate of drug-likeness (QED) is 0.794. The molecule has 0 aliphatic rings. The normalized spacial score (nSPS) is 13.7. The molecule has 1 atom stereocenters. The van der Waals surface area contributed by atoms with Crippen molar-refractivity contribution < 1.29 is 13.5 Å². The van der Waals surface area contributed by atoms with Gasteiger partial charge in [0.15, 0.2) is 11.6 Å². The lowest BCUT2D eigenvalue weighted by Crippen LogP contribution is -2.38. The summed E-state index contributed by atoms with van der Waals surface area (Å²) in [6, 6.07) is 5.34. The highest BCUT2D eigenvalue weighted by Crippen LogP contribution is 2.18. The molecule has 0 spiro atoms. The minimum Gasteiger partial charge on any atom is -0.491 e. The number of hydrogen-bond donors (Lipinski definition) is 1. The monoisotopic (exact) mass is 254 g/mol. The predicted molar refractivity (Wildman–Crippen MR) is 64.2 cm³/mol. The Morgan fingerprint density at radius 3 is 2.72 bits per heavy atom. The fourth-order valence-corrected chi connectivity index (χ4v) is 1.44. The highest BCUT2D eigenvalue weighted by Gasteiger charge is 2.20. The molecular formula is C13H16F2N2O. The number of nitrogens with one attached hydrogen (secondary N) is 1. The number of rotatable bonds is 6. The van der Waals surface area contributed by atoms with Crippen molar-refractivity contribution in [1.29, 1.82) is 5.26 Å². The molecular weight excluding hydrogens is 238 g/mol. The van der Waals surface area contributed by atoms with Crippen molar-refractivity contribution in [2.75, 3.05) is 13.7 Å². The minimum absolute atomic E-state index is 0.0273. The number of nitrogens with zero attached hydrogens (tertiary/aromatic N) is 1. The molecule has 98 valence electrons. The van der Waals surface area contributed by atoms with Gasteiger partial charge in [-0.05, 0) is 38.9 Å². The number of hydrogen-bond acceptors (Lipinski definition) is 3. The van der Waals surface area contributed by atoms with E-state index in [9.17, 15) is 8.78 Å². The summed E-state index contributed by atoms with van der Waals surface area (Å²) in [7, 11) is 1.71. The van der Waals surface area contributed by atoms with Crippen LogP contribution < -0.4 is 10.1 Å². The molecule has 0 saturated carbocycles. The number of nitriles is 1. The molecule has 0 aromatic heterocycles. The zero-order valence-electron chi connectivity index (χ0n) is 10.5. The molecule has 1 unspecified atom stereocenters. The Kier molecular flexibility index (Phi) is 5.05. The fourth-order valence-electron chi connectivity index (χ4n) is 1.44. The average molecular weight is 254 g/mol. The van der Waals surface area contributed by atoms with Gasteiger partial charge in [0.2, 0.25) is 0 Å². The van der Waals surface area contributed by atoms with Crippen molar-refractivity contribution in [3.63, 3.8) is 0 Å². The van der Waals surface area contributed by atoms with E-state index in [1.807, 2.05) is 0 Å². The smallest absolute Gasteiger partial charge is 0.167 e. The van der Waals surface area contributed by atoms with Crippen LogP contribution in [0, 0.1) is 23.0 Å². The summed E-state index contributed by atoms with van der Waals surface area (Å²) in [6.07, 6.45) is 1.19. The van der Waals surface area contributed by atoms with Gasteiger partial charge in [0.1, 0.15) is 11.4 Å². The van der Waals surface area contributed by atoms with Gasteiger partial charge in [0.25, 0.3) is 0 Å². The second-order valence-electron chi connectivity index (χ2n) is 4.22. The summed E-state index contributed by atoms with van der Waals surface area (Å²) in [5.74, 6) is -1.32. The van der Waals surface area contributed by atoms with E-state index in [0.717, 1.165) is 12.1 Å². The van der Waals surface area contributed by atoms with Crippen LogP contribution in [-0.4, -0.2) is 19.2 Å². The molecule has 1 N–H and O–H groups in total. The van der Waals surface area contributed by atoms with Gasteiger partial charge in [0, 0.05) is 6.07 Å². The van der Waals surface area contributed by atoms with Crippen LogP contribution in [0.1, 0.15) is 19.8 Å². The summed E-state index contributed by atoms with van der Waals surface area (Å²) < 4.78 is 31.1.